The minimum Gasteiger partial charge on any atom is -0.399 e. The summed E-state index contributed by atoms with van der Waals surface area (Å²) in [4.78, 5) is 0. The summed E-state index contributed by atoms with van der Waals surface area (Å²) in [6.07, 6.45) is 3.60. The van der Waals surface area contributed by atoms with Gasteiger partial charge in [0.1, 0.15) is 5.82 Å². The molecule has 94 valence electrons. The van der Waals surface area contributed by atoms with Crippen LogP contribution in [-0.4, -0.2) is 9.78 Å². The number of nitrogens with two attached hydrogens (primary N) is 1. The summed E-state index contributed by atoms with van der Waals surface area (Å²) in [6.45, 7) is 0. The SMILES string of the molecule is Nc1cc(F)cc(-n2cc(-c3ccccc3)cn2)c1. The second kappa shape index (κ2) is 4.57. The van der Waals surface area contributed by atoms with Crippen molar-refractivity contribution in [3.63, 3.8) is 0 Å². The number of benzene rings is 2. The Bertz CT molecular complexity index is 684. The van der Waals surface area contributed by atoms with Crippen LogP contribution in [0.4, 0.5) is 10.1 Å². The summed E-state index contributed by atoms with van der Waals surface area (Å²) in [5, 5.41) is 4.24. The van der Waals surface area contributed by atoms with Gasteiger partial charge in [-0.15, -0.1) is 0 Å². The Morgan fingerprint density at radius 3 is 2.53 bits per heavy atom. The molecule has 2 N–H and O–H groups in total. The van der Waals surface area contributed by atoms with E-state index in [0.717, 1.165) is 11.1 Å². The minimum absolute atomic E-state index is 0.369. The number of hydrogen-bond acceptors (Lipinski definition) is 2. The van der Waals surface area contributed by atoms with Crippen molar-refractivity contribution in [1.29, 1.82) is 0 Å². The highest BCUT2D eigenvalue weighted by molar-refractivity contribution is 5.62. The zero-order chi connectivity index (χ0) is 13.2. The van der Waals surface area contributed by atoms with Crippen LogP contribution >= 0.6 is 0 Å². The van der Waals surface area contributed by atoms with Gasteiger partial charge in [0, 0.05) is 17.4 Å². The maximum absolute atomic E-state index is 13.3. The van der Waals surface area contributed by atoms with E-state index < -0.39 is 0 Å². The van der Waals surface area contributed by atoms with Gasteiger partial charge >= 0.3 is 0 Å². The van der Waals surface area contributed by atoms with E-state index in [0.29, 0.717) is 11.4 Å². The first kappa shape index (κ1) is 11.5. The number of nitrogens with zero attached hydrogens (tertiary/aromatic N) is 2. The lowest BCUT2D eigenvalue weighted by molar-refractivity contribution is 0.626. The van der Waals surface area contributed by atoms with E-state index >= 15 is 0 Å². The third kappa shape index (κ3) is 2.33. The molecule has 1 aromatic heterocycles. The Morgan fingerprint density at radius 1 is 1.00 bits per heavy atom. The van der Waals surface area contributed by atoms with Crippen LogP contribution < -0.4 is 5.73 Å². The van der Waals surface area contributed by atoms with E-state index in [1.165, 1.54) is 12.1 Å². The average molecular weight is 253 g/mol. The van der Waals surface area contributed by atoms with E-state index in [1.54, 1.807) is 16.9 Å². The molecule has 4 heteroatoms. The lowest BCUT2D eigenvalue weighted by atomic mass is 10.1. The van der Waals surface area contributed by atoms with Gasteiger partial charge < -0.3 is 5.73 Å². The molecule has 0 saturated carbocycles. The molecule has 19 heavy (non-hydrogen) atoms. The molecule has 0 bridgehead atoms. The lowest BCUT2D eigenvalue weighted by Gasteiger charge is -2.03. The average Bonchev–Trinajstić information content (AvgIpc) is 2.88. The zero-order valence-corrected chi connectivity index (χ0v) is 10.1. The monoisotopic (exact) mass is 253 g/mol. The number of hydrogen-bond donors (Lipinski definition) is 1. The van der Waals surface area contributed by atoms with Crippen LogP contribution in [-0.2, 0) is 0 Å². The number of halogens is 1. The standard InChI is InChI=1S/C15H12FN3/c16-13-6-14(17)8-15(7-13)19-10-12(9-18-19)11-4-2-1-3-5-11/h1-10H,17H2. The molecular formula is C15H12FN3. The first-order valence-electron chi connectivity index (χ1n) is 5.89. The van der Waals surface area contributed by atoms with Gasteiger partial charge in [-0.3, -0.25) is 0 Å². The fraction of sp³-hybridized carbons (Fsp3) is 0. The van der Waals surface area contributed by atoms with Crippen molar-refractivity contribution < 1.29 is 4.39 Å². The number of aromatic nitrogens is 2. The van der Waals surface area contributed by atoms with Crippen LogP contribution in [0.3, 0.4) is 0 Å². The first-order valence-corrected chi connectivity index (χ1v) is 5.89. The van der Waals surface area contributed by atoms with Crippen molar-refractivity contribution in [3.05, 3.63) is 66.7 Å². The van der Waals surface area contributed by atoms with Crippen molar-refractivity contribution in [2.75, 3.05) is 5.73 Å². The van der Waals surface area contributed by atoms with Crippen LogP contribution in [0.15, 0.2) is 60.9 Å². The van der Waals surface area contributed by atoms with Crippen molar-refractivity contribution in [2.24, 2.45) is 0 Å². The fourth-order valence-corrected chi connectivity index (χ4v) is 1.97. The molecule has 0 aliphatic heterocycles. The van der Waals surface area contributed by atoms with Crippen molar-refractivity contribution in [2.45, 2.75) is 0 Å². The second-order valence-electron chi connectivity index (χ2n) is 4.28. The largest absolute Gasteiger partial charge is 0.399 e. The topological polar surface area (TPSA) is 43.8 Å². The normalized spacial score (nSPS) is 10.6. The molecule has 0 radical (unpaired) electrons. The minimum atomic E-state index is -0.369. The number of rotatable bonds is 2. The van der Waals surface area contributed by atoms with Gasteiger partial charge in [-0.1, -0.05) is 30.3 Å². The molecule has 0 aliphatic rings. The van der Waals surface area contributed by atoms with Crippen molar-refractivity contribution in [3.8, 4) is 16.8 Å². The van der Waals surface area contributed by atoms with Crippen LogP contribution in [0, 0.1) is 5.82 Å². The smallest absolute Gasteiger partial charge is 0.127 e. The molecule has 0 aliphatic carbocycles. The predicted octanol–water partition coefficient (Wildman–Crippen LogP) is 3.26. The summed E-state index contributed by atoms with van der Waals surface area (Å²) in [7, 11) is 0. The Balaban J connectivity index is 2.02. The second-order valence-corrected chi connectivity index (χ2v) is 4.28. The molecule has 0 atom stereocenters. The van der Waals surface area contributed by atoms with E-state index in [1.807, 2.05) is 36.5 Å². The van der Waals surface area contributed by atoms with E-state index in [2.05, 4.69) is 5.10 Å². The van der Waals surface area contributed by atoms with E-state index in [-0.39, 0.29) is 5.82 Å². The van der Waals surface area contributed by atoms with Crippen LogP contribution in [0.1, 0.15) is 0 Å². The molecule has 1 heterocycles. The quantitative estimate of drug-likeness (QED) is 0.712. The lowest BCUT2D eigenvalue weighted by Crippen LogP contribution is -1.97. The highest BCUT2D eigenvalue weighted by Gasteiger charge is 2.05. The molecule has 0 fully saturated rings. The molecule has 0 spiro atoms. The van der Waals surface area contributed by atoms with Gasteiger partial charge in [0.25, 0.3) is 0 Å². The third-order valence-corrected chi connectivity index (χ3v) is 2.86. The number of anilines is 1. The van der Waals surface area contributed by atoms with Gasteiger partial charge in [0.05, 0.1) is 11.9 Å². The van der Waals surface area contributed by atoms with Crippen LogP contribution in [0.5, 0.6) is 0 Å². The van der Waals surface area contributed by atoms with Crippen LogP contribution in [0.2, 0.25) is 0 Å². The Hall–Kier alpha value is -2.62. The molecule has 0 saturated heterocycles. The van der Waals surface area contributed by atoms with E-state index in [4.69, 9.17) is 5.73 Å². The van der Waals surface area contributed by atoms with Crippen LogP contribution in [0.25, 0.3) is 16.8 Å². The summed E-state index contributed by atoms with van der Waals surface area (Å²) < 4.78 is 14.9. The number of nitrogen functional groups attached to an aromatic ring is 1. The molecule has 3 aromatic rings. The molecule has 3 nitrogen and oxygen atoms in total. The summed E-state index contributed by atoms with van der Waals surface area (Å²) >= 11 is 0. The van der Waals surface area contributed by atoms with Crippen molar-refractivity contribution in [1.82, 2.24) is 9.78 Å². The predicted molar refractivity (Wildman–Crippen MR) is 73.4 cm³/mol. The summed E-state index contributed by atoms with van der Waals surface area (Å²) in [6, 6.07) is 14.3. The maximum atomic E-state index is 13.3. The Kier molecular flexibility index (Phi) is 2.76. The molecule has 0 unspecified atom stereocenters. The summed E-state index contributed by atoms with van der Waals surface area (Å²) in [5.41, 5.74) is 8.67. The zero-order valence-electron chi connectivity index (χ0n) is 10.1. The fourth-order valence-electron chi connectivity index (χ4n) is 1.97. The van der Waals surface area contributed by atoms with Gasteiger partial charge in [-0.05, 0) is 23.8 Å². The maximum Gasteiger partial charge on any atom is 0.127 e. The van der Waals surface area contributed by atoms with Gasteiger partial charge in [0.2, 0.25) is 0 Å². The van der Waals surface area contributed by atoms with Crippen molar-refractivity contribution >= 4 is 5.69 Å². The third-order valence-electron chi connectivity index (χ3n) is 2.86. The first-order chi connectivity index (χ1) is 9.22. The van der Waals surface area contributed by atoms with Gasteiger partial charge in [0.15, 0.2) is 0 Å². The molecule has 2 aromatic carbocycles. The Morgan fingerprint density at radius 2 is 1.79 bits per heavy atom. The van der Waals surface area contributed by atoms with Gasteiger partial charge in [-0.25, -0.2) is 9.07 Å². The highest BCUT2D eigenvalue weighted by atomic mass is 19.1. The molecule has 3 rings (SSSR count). The Labute approximate surface area is 110 Å². The summed E-state index contributed by atoms with van der Waals surface area (Å²) in [5.74, 6) is -0.369. The van der Waals surface area contributed by atoms with Gasteiger partial charge in [-0.2, -0.15) is 5.10 Å². The molecular weight excluding hydrogens is 241 g/mol. The molecule has 0 amide bonds. The highest BCUT2D eigenvalue weighted by Crippen LogP contribution is 2.21. The van der Waals surface area contributed by atoms with E-state index in [9.17, 15) is 4.39 Å².